The van der Waals surface area contributed by atoms with Crippen molar-refractivity contribution in [3.63, 3.8) is 0 Å². The van der Waals surface area contributed by atoms with Gasteiger partial charge >= 0.3 is 6.16 Å². The maximum Gasteiger partial charge on any atom is 0.521 e. The van der Waals surface area contributed by atoms with E-state index in [0.717, 1.165) is 43.4 Å². The summed E-state index contributed by atoms with van der Waals surface area (Å²) < 4.78 is 21.7. The summed E-state index contributed by atoms with van der Waals surface area (Å²) in [6.45, 7) is 5.07. The van der Waals surface area contributed by atoms with E-state index in [-0.39, 0.29) is 5.95 Å². The lowest BCUT2D eigenvalue weighted by Crippen LogP contribution is -2.13. The van der Waals surface area contributed by atoms with Gasteiger partial charge in [0, 0.05) is 18.1 Å². The highest BCUT2D eigenvalue weighted by Gasteiger charge is 2.12. The highest BCUT2D eigenvalue weighted by molar-refractivity contribution is 5.67. The third kappa shape index (κ3) is 10.7. The van der Waals surface area contributed by atoms with Crippen molar-refractivity contribution in [2.45, 2.75) is 90.9 Å². The van der Waals surface area contributed by atoms with Crippen LogP contribution in [-0.4, -0.2) is 22.7 Å². The molecule has 0 fully saturated rings. The third-order valence-electron chi connectivity index (χ3n) is 6.06. The average Bonchev–Trinajstić information content (AvgIpc) is 3.35. The van der Waals surface area contributed by atoms with Gasteiger partial charge in [-0.3, -0.25) is 0 Å². The van der Waals surface area contributed by atoms with E-state index in [1.807, 2.05) is 6.07 Å². The minimum absolute atomic E-state index is 0.131. The van der Waals surface area contributed by atoms with Crippen LogP contribution in [0.3, 0.4) is 0 Å². The number of nitrogens with zero attached hydrogens (tertiary/aromatic N) is 2. The van der Waals surface area contributed by atoms with Crippen LogP contribution in [0.25, 0.3) is 11.4 Å². The van der Waals surface area contributed by atoms with E-state index in [2.05, 4.69) is 23.8 Å². The molecule has 3 rings (SSSR count). The van der Waals surface area contributed by atoms with Crippen LogP contribution in [-0.2, 0) is 6.42 Å². The van der Waals surface area contributed by atoms with Crippen molar-refractivity contribution in [2.75, 3.05) is 6.61 Å². The Bertz CT molecular complexity index is 1030. The molecule has 7 nitrogen and oxygen atoms in total. The molecule has 0 spiro atoms. The lowest BCUT2D eigenvalue weighted by atomic mass is 10.1. The number of furan rings is 1. The third-order valence-corrected chi connectivity index (χ3v) is 6.06. The predicted molar refractivity (Wildman–Crippen MR) is 144 cm³/mol. The van der Waals surface area contributed by atoms with Crippen LogP contribution in [0.2, 0.25) is 0 Å². The van der Waals surface area contributed by atoms with Gasteiger partial charge in [0.2, 0.25) is 0 Å². The fourth-order valence-corrected chi connectivity index (χ4v) is 3.93. The highest BCUT2D eigenvalue weighted by atomic mass is 16.8. The van der Waals surface area contributed by atoms with Crippen LogP contribution in [0.1, 0.15) is 90.2 Å². The first-order chi connectivity index (χ1) is 18.2. The van der Waals surface area contributed by atoms with Crippen molar-refractivity contribution in [2.24, 2.45) is 0 Å². The Balaban J connectivity index is 1.37. The maximum absolute atomic E-state index is 12.1. The van der Waals surface area contributed by atoms with Crippen molar-refractivity contribution in [1.82, 2.24) is 9.97 Å². The van der Waals surface area contributed by atoms with Gasteiger partial charge in [0.1, 0.15) is 11.5 Å². The van der Waals surface area contributed by atoms with Crippen molar-refractivity contribution in [1.29, 1.82) is 0 Å². The summed E-state index contributed by atoms with van der Waals surface area (Å²) in [4.78, 5) is 20.9. The number of aromatic nitrogens is 2. The Morgan fingerprint density at radius 1 is 0.730 bits per heavy atom. The number of ether oxygens (including phenoxy) is 3. The number of carbonyl (C=O) groups is 1. The summed E-state index contributed by atoms with van der Waals surface area (Å²) in [5.74, 6) is 2.52. The zero-order chi connectivity index (χ0) is 26.1. The fourth-order valence-electron chi connectivity index (χ4n) is 3.93. The molecule has 2 heterocycles. The molecule has 3 aromatic rings. The number of aryl methyl sites for hydroxylation is 1. The minimum atomic E-state index is -0.851. The van der Waals surface area contributed by atoms with Crippen LogP contribution >= 0.6 is 0 Å². The van der Waals surface area contributed by atoms with E-state index in [1.165, 1.54) is 44.9 Å². The molecule has 7 heteroatoms. The Kier molecular flexibility index (Phi) is 12.5. The zero-order valence-electron chi connectivity index (χ0n) is 22.2. The van der Waals surface area contributed by atoms with Crippen LogP contribution in [0.5, 0.6) is 17.4 Å². The maximum atomic E-state index is 12.1. The molecule has 0 saturated carbocycles. The molecule has 0 aliphatic heterocycles. The van der Waals surface area contributed by atoms with Crippen molar-refractivity contribution in [3.8, 4) is 28.8 Å². The Morgan fingerprint density at radius 2 is 1.38 bits per heavy atom. The van der Waals surface area contributed by atoms with Crippen molar-refractivity contribution in [3.05, 3.63) is 54.6 Å². The molecule has 2 aromatic heterocycles. The molecule has 0 aliphatic carbocycles. The molecule has 0 unspecified atom stereocenters. The number of hydrogen-bond donors (Lipinski definition) is 0. The first-order valence-corrected chi connectivity index (χ1v) is 13.7. The summed E-state index contributed by atoms with van der Waals surface area (Å²) in [5, 5.41) is 0. The average molecular weight is 509 g/mol. The first-order valence-electron chi connectivity index (χ1n) is 13.7. The molecular weight excluding hydrogens is 468 g/mol. The summed E-state index contributed by atoms with van der Waals surface area (Å²) in [6.07, 6.45) is 16.8. The molecule has 0 amide bonds. The Morgan fingerprint density at radius 3 is 2.08 bits per heavy atom. The number of unbranched alkanes of at least 4 members (excludes halogenated alkanes) is 9. The lowest BCUT2D eigenvalue weighted by Gasteiger charge is -2.07. The summed E-state index contributed by atoms with van der Waals surface area (Å²) in [7, 11) is 0. The van der Waals surface area contributed by atoms with Gasteiger partial charge < -0.3 is 18.6 Å². The standard InChI is InChI=1S/C30H40N2O5/c1-3-5-7-8-9-10-11-13-21-34-27-22-31-29(32-23-27)24-15-17-26(18-16-24)36-30(33)37-28-20-19-25(35-28)14-12-6-4-2/h15-20,22-23H,3-14,21H2,1-2H3. The minimum Gasteiger partial charge on any atom is -0.490 e. The number of benzene rings is 1. The molecule has 0 bridgehead atoms. The molecule has 0 radical (unpaired) electrons. The topological polar surface area (TPSA) is 83.7 Å². The van der Waals surface area contributed by atoms with E-state index < -0.39 is 6.16 Å². The number of hydrogen-bond acceptors (Lipinski definition) is 7. The van der Waals surface area contributed by atoms with Gasteiger partial charge in [0.25, 0.3) is 5.95 Å². The van der Waals surface area contributed by atoms with E-state index in [1.54, 1.807) is 42.7 Å². The highest BCUT2D eigenvalue weighted by Crippen LogP contribution is 2.22. The van der Waals surface area contributed by atoms with Gasteiger partial charge in [-0.25, -0.2) is 14.8 Å². The SMILES string of the molecule is CCCCCCCCCCOc1cnc(-c2ccc(OC(=O)Oc3ccc(CCCCC)o3)cc2)nc1. The van der Waals surface area contributed by atoms with Gasteiger partial charge in [0.05, 0.1) is 19.0 Å². The van der Waals surface area contributed by atoms with E-state index >= 15 is 0 Å². The van der Waals surface area contributed by atoms with Crippen LogP contribution in [0.15, 0.2) is 53.2 Å². The molecule has 1 aromatic carbocycles. The first kappa shape index (κ1) is 28.2. The van der Waals surface area contributed by atoms with Gasteiger partial charge in [-0.2, -0.15) is 0 Å². The predicted octanol–water partition coefficient (Wildman–Crippen LogP) is 8.57. The molecule has 0 aliphatic rings. The lowest BCUT2D eigenvalue weighted by molar-refractivity contribution is 0.139. The van der Waals surface area contributed by atoms with Crippen molar-refractivity contribution >= 4 is 6.16 Å². The van der Waals surface area contributed by atoms with E-state index in [4.69, 9.17) is 18.6 Å². The second-order valence-corrected chi connectivity index (χ2v) is 9.22. The zero-order valence-corrected chi connectivity index (χ0v) is 22.2. The van der Waals surface area contributed by atoms with Gasteiger partial charge in [-0.15, -0.1) is 0 Å². The fraction of sp³-hybridized carbons (Fsp3) is 0.500. The van der Waals surface area contributed by atoms with Gasteiger partial charge in [-0.1, -0.05) is 71.6 Å². The Labute approximate surface area is 220 Å². The second-order valence-electron chi connectivity index (χ2n) is 9.22. The summed E-state index contributed by atoms with van der Waals surface area (Å²) in [6, 6.07) is 10.4. The number of carbonyl (C=O) groups excluding carboxylic acids is 1. The van der Waals surface area contributed by atoms with Crippen molar-refractivity contribution < 1.29 is 23.4 Å². The molecule has 200 valence electrons. The summed E-state index contributed by atoms with van der Waals surface area (Å²) in [5.41, 5.74) is 0.804. The quantitative estimate of drug-likeness (QED) is 0.103. The van der Waals surface area contributed by atoms with E-state index in [9.17, 15) is 4.79 Å². The van der Waals surface area contributed by atoms with Gasteiger partial charge in [0.15, 0.2) is 11.6 Å². The molecule has 0 atom stereocenters. The van der Waals surface area contributed by atoms with Gasteiger partial charge in [-0.05, 0) is 43.2 Å². The van der Waals surface area contributed by atoms with Crippen LogP contribution in [0, 0.1) is 0 Å². The van der Waals surface area contributed by atoms with Crippen LogP contribution < -0.4 is 14.2 Å². The monoisotopic (exact) mass is 508 g/mol. The smallest absolute Gasteiger partial charge is 0.490 e. The van der Waals surface area contributed by atoms with Crippen LogP contribution in [0.4, 0.5) is 4.79 Å². The number of rotatable bonds is 17. The summed E-state index contributed by atoms with van der Waals surface area (Å²) >= 11 is 0. The molecule has 0 N–H and O–H groups in total. The molecule has 0 saturated heterocycles. The normalized spacial score (nSPS) is 10.9. The Hall–Kier alpha value is -3.35. The molecular formula is C30H40N2O5. The van der Waals surface area contributed by atoms with E-state index in [0.29, 0.717) is 23.9 Å². The largest absolute Gasteiger partial charge is 0.521 e. The molecule has 37 heavy (non-hydrogen) atoms. The second kappa shape index (κ2) is 16.4.